The average Bonchev–Trinajstić information content (AvgIpc) is 2.87. The van der Waals surface area contributed by atoms with Crippen molar-refractivity contribution >= 4 is 21.7 Å². The van der Waals surface area contributed by atoms with Crippen LogP contribution in [0.5, 0.6) is 0 Å². The van der Waals surface area contributed by atoms with E-state index in [-0.39, 0.29) is 0 Å². The summed E-state index contributed by atoms with van der Waals surface area (Å²) in [6.07, 6.45) is 2.23. The van der Waals surface area contributed by atoms with E-state index in [0.29, 0.717) is 24.0 Å². The maximum atomic E-state index is 5.64. The lowest BCUT2D eigenvalue weighted by molar-refractivity contribution is 0.424. The molecule has 0 saturated carbocycles. The second-order valence-electron chi connectivity index (χ2n) is 4.29. The number of pyridine rings is 1. The van der Waals surface area contributed by atoms with Crippen LogP contribution in [0.1, 0.15) is 11.4 Å². The molecule has 0 radical (unpaired) electrons. The summed E-state index contributed by atoms with van der Waals surface area (Å²) >= 11 is 3.44. The van der Waals surface area contributed by atoms with Gasteiger partial charge in [0.2, 0.25) is 0 Å². The molecule has 0 saturated heterocycles. The van der Waals surface area contributed by atoms with Crippen molar-refractivity contribution in [2.75, 3.05) is 5.73 Å². The van der Waals surface area contributed by atoms with Gasteiger partial charge in [-0.25, -0.2) is 4.98 Å². The summed E-state index contributed by atoms with van der Waals surface area (Å²) in [6, 6.07) is 11.5. The molecule has 3 aromatic rings. The fraction of sp³-hybridized carbons (Fsp3) is 0.0714. The first kappa shape index (κ1) is 12.8. The summed E-state index contributed by atoms with van der Waals surface area (Å²) < 4.78 is 6.28. The third-order valence-corrected chi connectivity index (χ3v) is 3.24. The van der Waals surface area contributed by atoms with Gasteiger partial charge in [-0.1, -0.05) is 33.2 Å². The van der Waals surface area contributed by atoms with Gasteiger partial charge in [-0.05, 0) is 29.8 Å². The van der Waals surface area contributed by atoms with Crippen molar-refractivity contribution in [3.63, 3.8) is 0 Å². The summed E-state index contributed by atoms with van der Waals surface area (Å²) in [5, 5.41) is 3.98. The van der Waals surface area contributed by atoms with Crippen molar-refractivity contribution in [1.29, 1.82) is 0 Å². The molecule has 0 aliphatic carbocycles. The van der Waals surface area contributed by atoms with E-state index in [1.807, 2.05) is 24.3 Å². The van der Waals surface area contributed by atoms with E-state index in [4.69, 9.17) is 10.3 Å². The molecule has 2 aromatic heterocycles. The Morgan fingerprint density at radius 1 is 1.20 bits per heavy atom. The Balaban J connectivity index is 1.84. The Kier molecular flexibility index (Phi) is 3.47. The summed E-state index contributed by atoms with van der Waals surface area (Å²) in [5.74, 6) is 1.51. The standard InChI is InChI=1S/C14H11BrN4O/c15-11-3-1-2-9(6-11)7-13-18-14(20-19-13)10-4-5-17-12(16)8-10/h1-6,8H,7H2,(H2,16,17). The van der Waals surface area contributed by atoms with Crippen LogP contribution in [-0.4, -0.2) is 15.1 Å². The molecule has 1 aromatic carbocycles. The molecule has 0 aliphatic heterocycles. The minimum atomic E-state index is 0.425. The Morgan fingerprint density at radius 3 is 2.90 bits per heavy atom. The van der Waals surface area contributed by atoms with Crippen LogP contribution in [0.4, 0.5) is 5.82 Å². The first-order chi connectivity index (χ1) is 9.70. The predicted octanol–water partition coefficient (Wildman–Crippen LogP) is 3.07. The average molecular weight is 331 g/mol. The Morgan fingerprint density at radius 2 is 2.10 bits per heavy atom. The van der Waals surface area contributed by atoms with Crippen LogP contribution in [0.3, 0.4) is 0 Å². The SMILES string of the molecule is Nc1cc(-c2nc(Cc3cccc(Br)c3)no2)ccn1. The highest BCUT2D eigenvalue weighted by atomic mass is 79.9. The van der Waals surface area contributed by atoms with Gasteiger partial charge in [-0.3, -0.25) is 0 Å². The van der Waals surface area contributed by atoms with Gasteiger partial charge in [0.25, 0.3) is 5.89 Å². The van der Waals surface area contributed by atoms with E-state index in [1.165, 1.54) is 0 Å². The van der Waals surface area contributed by atoms with Crippen LogP contribution in [0.2, 0.25) is 0 Å². The number of benzene rings is 1. The van der Waals surface area contributed by atoms with E-state index in [0.717, 1.165) is 15.6 Å². The normalized spacial score (nSPS) is 10.7. The molecule has 6 heteroatoms. The Labute approximate surface area is 124 Å². The molecule has 0 amide bonds. The van der Waals surface area contributed by atoms with E-state index >= 15 is 0 Å². The zero-order valence-electron chi connectivity index (χ0n) is 10.5. The van der Waals surface area contributed by atoms with Gasteiger partial charge in [0.15, 0.2) is 5.82 Å². The molecular weight excluding hydrogens is 320 g/mol. The van der Waals surface area contributed by atoms with Crippen LogP contribution in [0, 0.1) is 0 Å². The fourth-order valence-electron chi connectivity index (χ4n) is 1.85. The number of nitrogens with zero attached hydrogens (tertiary/aromatic N) is 3. The minimum Gasteiger partial charge on any atom is -0.384 e. The number of hydrogen-bond acceptors (Lipinski definition) is 5. The number of anilines is 1. The van der Waals surface area contributed by atoms with E-state index < -0.39 is 0 Å². The molecule has 0 atom stereocenters. The zero-order chi connectivity index (χ0) is 13.9. The van der Waals surface area contributed by atoms with Crippen molar-refractivity contribution in [3.05, 3.63) is 58.5 Å². The topological polar surface area (TPSA) is 77.8 Å². The third-order valence-electron chi connectivity index (χ3n) is 2.75. The van der Waals surface area contributed by atoms with Crippen LogP contribution in [-0.2, 0) is 6.42 Å². The summed E-state index contributed by atoms with van der Waals surface area (Å²) in [5.41, 5.74) is 7.52. The summed E-state index contributed by atoms with van der Waals surface area (Å²) in [7, 11) is 0. The minimum absolute atomic E-state index is 0.425. The molecule has 0 unspecified atom stereocenters. The van der Waals surface area contributed by atoms with Gasteiger partial charge in [-0.2, -0.15) is 4.98 Å². The van der Waals surface area contributed by atoms with E-state index in [9.17, 15) is 0 Å². The van der Waals surface area contributed by atoms with Gasteiger partial charge in [0.1, 0.15) is 5.82 Å². The number of hydrogen-bond donors (Lipinski definition) is 1. The highest BCUT2D eigenvalue weighted by molar-refractivity contribution is 9.10. The monoisotopic (exact) mass is 330 g/mol. The largest absolute Gasteiger partial charge is 0.384 e. The quantitative estimate of drug-likeness (QED) is 0.798. The van der Waals surface area contributed by atoms with Gasteiger partial charge >= 0.3 is 0 Å². The lowest BCUT2D eigenvalue weighted by Gasteiger charge is -1.97. The number of halogens is 1. The van der Waals surface area contributed by atoms with Crippen molar-refractivity contribution in [2.45, 2.75) is 6.42 Å². The first-order valence-corrected chi connectivity index (χ1v) is 6.79. The van der Waals surface area contributed by atoms with Crippen molar-refractivity contribution in [3.8, 4) is 11.5 Å². The van der Waals surface area contributed by atoms with Crippen LogP contribution in [0.15, 0.2) is 51.6 Å². The molecule has 0 fully saturated rings. The second kappa shape index (κ2) is 5.42. The third kappa shape index (κ3) is 2.85. The molecule has 3 rings (SSSR count). The number of nitrogen functional groups attached to an aromatic ring is 1. The van der Waals surface area contributed by atoms with Crippen LogP contribution in [0.25, 0.3) is 11.5 Å². The lowest BCUT2D eigenvalue weighted by atomic mass is 10.1. The lowest BCUT2D eigenvalue weighted by Crippen LogP contribution is -1.91. The zero-order valence-corrected chi connectivity index (χ0v) is 12.0. The van der Waals surface area contributed by atoms with Crippen molar-refractivity contribution < 1.29 is 4.52 Å². The van der Waals surface area contributed by atoms with Crippen molar-refractivity contribution in [1.82, 2.24) is 15.1 Å². The highest BCUT2D eigenvalue weighted by Gasteiger charge is 2.10. The fourth-order valence-corrected chi connectivity index (χ4v) is 2.30. The molecule has 0 bridgehead atoms. The molecule has 0 spiro atoms. The van der Waals surface area contributed by atoms with Gasteiger partial charge in [0.05, 0.1) is 0 Å². The maximum Gasteiger partial charge on any atom is 0.258 e. The number of rotatable bonds is 3. The van der Waals surface area contributed by atoms with Gasteiger partial charge in [0, 0.05) is 22.7 Å². The molecule has 5 nitrogen and oxygen atoms in total. The predicted molar refractivity (Wildman–Crippen MR) is 78.9 cm³/mol. The van der Waals surface area contributed by atoms with E-state index in [1.54, 1.807) is 18.3 Å². The smallest absolute Gasteiger partial charge is 0.258 e. The Hall–Kier alpha value is -2.21. The maximum absolute atomic E-state index is 5.64. The summed E-state index contributed by atoms with van der Waals surface area (Å²) in [4.78, 5) is 8.30. The van der Waals surface area contributed by atoms with E-state index in [2.05, 4.69) is 31.1 Å². The van der Waals surface area contributed by atoms with Gasteiger partial charge in [-0.15, -0.1) is 0 Å². The van der Waals surface area contributed by atoms with Gasteiger partial charge < -0.3 is 10.3 Å². The molecule has 20 heavy (non-hydrogen) atoms. The number of aromatic nitrogens is 3. The van der Waals surface area contributed by atoms with Crippen molar-refractivity contribution in [2.24, 2.45) is 0 Å². The first-order valence-electron chi connectivity index (χ1n) is 5.99. The second-order valence-corrected chi connectivity index (χ2v) is 5.21. The number of nitrogens with two attached hydrogens (primary N) is 1. The highest BCUT2D eigenvalue weighted by Crippen LogP contribution is 2.19. The Bertz CT molecular complexity index is 741. The van der Waals surface area contributed by atoms with Crippen LogP contribution < -0.4 is 5.73 Å². The molecule has 100 valence electrons. The molecule has 0 aliphatic rings. The molecule has 2 N–H and O–H groups in total. The summed E-state index contributed by atoms with van der Waals surface area (Å²) in [6.45, 7) is 0. The molecular formula is C14H11BrN4O. The van der Waals surface area contributed by atoms with Crippen LogP contribution >= 0.6 is 15.9 Å². The molecule has 2 heterocycles.